The molecule has 1 aromatic heterocycles. The van der Waals surface area contributed by atoms with Crippen LogP contribution in [0.1, 0.15) is 42.8 Å². The lowest BCUT2D eigenvalue weighted by molar-refractivity contribution is 0.363. The van der Waals surface area contributed by atoms with Crippen LogP contribution in [0.3, 0.4) is 0 Å². The summed E-state index contributed by atoms with van der Waals surface area (Å²) >= 11 is 0. The van der Waals surface area contributed by atoms with Gasteiger partial charge in [-0.15, -0.1) is 0 Å². The van der Waals surface area contributed by atoms with E-state index in [4.69, 9.17) is 14.0 Å². The molecule has 0 bridgehead atoms. The van der Waals surface area contributed by atoms with Crippen LogP contribution >= 0.6 is 0 Å². The third kappa shape index (κ3) is 3.07. The van der Waals surface area contributed by atoms with Crippen molar-refractivity contribution in [2.45, 2.75) is 44.0 Å². The first-order valence-corrected chi connectivity index (χ1v) is 10.1. The number of aryl methyl sites for hydroxylation is 2. The number of hydrogen-bond donors (Lipinski definition) is 0. The van der Waals surface area contributed by atoms with Gasteiger partial charge in [0.15, 0.2) is 0 Å². The Bertz CT molecular complexity index is 891. The van der Waals surface area contributed by atoms with E-state index in [1.807, 2.05) is 13.8 Å². The fraction of sp³-hybridized carbons (Fsp3) is 0.500. The van der Waals surface area contributed by atoms with Crippen molar-refractivity contribution in [2.75, 3.05) is 20.8 Å². The molecule has 1 saturated heterocycles. The Labute approximate surface area is 153 Å². The molecule has 0 N–H and O–H groups in total. The van der Waals surface area contributed by atoms with Gasteiger partial charge in [0.1, 0.15) is 22.2 Å². The van der Waals surface area contributed by atoms with E-state index in [1.54, 1.807) is 12.1 Å². The van der Waals surface area contributed by atoms with Crippen molar-refractivity contribution in [3.05, 3.63) is 35.2 Å². The molecule has 1 atom stereocenters. The van der Waals surface area contributed by atoms with Crippen LogP contribution in [-0.2, 0) is 16.4 Å². The number of benzene rings is 1. The van der Waals surface area contributed by atoms with Gasteiger partial charge in [-0.25, -0.2) is 8.42 Å². The minimum absolute atomic E-state index is 0.110. The van der Waals surface area contributed by atoms with Gasteiger partial charge >= 0.3 is 0 Å². The molecule has 7 nitrogen and oxygen atoms in total. The molecule has 1 fully saturated rings. The minimum atomic E-state index is -3.77. The first kappa shape index (κ1) is 18.7. The lowest BCUT2D eigenvalue weighted by Crippen LogP contribution is -2.31. The predicted molar refractivity (Wildman–Crippen MR) is 96.0 cm³/mol. The lowest BCUT2D eigenvalue weighted by Gasteiger charge is -2.25. The molecule has 1 aromatic carbocycles. The Balaban J connectivity index is 2.08. The maximum absolute atomic E-state index is 13.4. The number of sulfonamides is 1. The van der Waals surface area contributed by atoms with E-state index in [1.165, 1.54) is 24.6 Å². The van der Waals surface area contributed by atoms with Crippen LogP contribution < -0.4 is 9.47 Å². The molecule has 26 heavy (non-hydrogen) atoms. The van der Waals surface area contributed by atoms with Crippen LogP contribution in [0.2, 0.25) is 0 Å². The molecule has 0 aliphatic carbocycles. The summed E-state index contributed by atoms with van der Waals surface area (Å²) in [5, 5.41) is 4.04. The average Bonchev–Trinajstić information content (AvgIpc) is 3.27. The molecule has 2 heterocycles. The van der Waals surface area contributed by atoms with Gasteiger partial charge in [-0.1, -0.05) is 12.1 Å². The number of methoxy groups -OCH3 is 2. The monoisotopic (exact) mass is 380 g/mol. The molecular formula is C18H24N2O5S. The predicted octanol–water partition coefficient (Wildman–Crippen LogP) is 3.09. The molecule has 0 amide bonds. The summed E-state index contributed by atoms with van der Waals surface area (Å²) in [4.78, 5) is 0.110. The first-order valence-electron chi connectivity index (χ1n) is 8.63. The molecule has 8 heteroatoms. The van der Waals surface area contributed by atoms with E-state index in [0.29, 0.717) is 24.5 Å². The van der Waals surface area contributed by atoms with Crippen molar-refractivity contribution in [1.82, 2.24) is 9.46 Å². The van der Waals surface area contributed by atoms with Gasteiger partial charge in [0.25, 0.3) is 0 Å². The summed E-state index contributed by atoms with van der Waals surface area (Å²) in [5.74, 6) is 1.51. The summed E-state index contributed by atoms with van der Waals surface area (Å²) in [6.45, 7) is 4.27. The van der Waals surface area contributed by atoms with Gasteiger partial charge < -0.3 is 14.0 Å². The van der Waals surface area contributed by atoms with Crippen LogP contribution in [0.15, 0.2) is 27.6 Å². The zero-order chi connectivity index (χ0) is 18.9. The van der Waals surface area contributed by atoms with Crippen molar-refractivity contribution >= 4 is 10.0 Å². The van der Waals surface area contributed by atoms with E-state index in [9.17, 15) is 8.42 Å². The second kappa shape index (κ2) is 7.28. The topological polar surface area (TPSA) is 81.9 Å². The maximum atomic E-state index is 13.4. The van der Waals surface area contributed by atoms with Gasteiger partial charge in [0, 0.05) is 24.6 Å². The Morgan fingerprint density at radius 3 is 2.73 bits per heavy atom. The highest BCUT2D eigenvalue weighted by molar-refractivity contribution is 7.89. The third-order valence-corrected chi connectivity index (χ3v) is 6.73. The van der Waals surface area contributed by atoms with Crippen molar-refractivity contribution in [3.63, 3.8) is 0 Å². The summed E-state index contributed by atoms with van der Waals surface area (Å²) in [5.41, 5.74) is 1.63. The highest BCUT2D eigenvalue weighted by Gasteiger charge is 2.40. The van der Waals surface area contributed by atoms with Crippen LogP contribution in [-0.4, -0.2) is 38.6 Å². The molecule has 1 aliphatic heterocycles. The summed E-state index contributed by atoms with van der Waals surface area (Å²) < 4.78 is 44.3. The van der Waals surface area contributed by atoms with Gasteiger partial charge in [0.2, 0.25) is 10.0 Å². The first-order chi connectivity index (χ1) is 12.4. The van der Waals surface area contributed by atoms with E-state index in [0.717, 1.165) is 29.9 Å². The van der Waals surface area contributed by atoms with Crippen LogP contribution in [0.25, 0.3) is 0 Å². The third-order valence-electron chi connectivity index (χ3n) is 4.80. The summed E-state index contributed by atoms with van der Waals surface area (Å²) in [6, 6.07) is 4.51. The van der Waals surface area contributed by atoms with Gasteiger partial charge in [-0.2, -0.15) is 4.31 Å². The van der Waals surface area contributed by atoms with Gasteiger partial charge in [-0.05, 0) is 31.9 Å². The van der Waals surface area contributed by atoms with Crippen molar-refractivity contribution in [2.24, 2.45) is 0 Å². The largest absolute Gasteiger partial charge is 0.497 e. The van der Waals surface area contributed by atoms with E-state index in [2.05, 4.69) is 5.16 Å². The molecule has 142 valence electrons. The number of rotatable bonds is 6. The number of ether oxygens (including phenoxy) is 2. The van der Waals surface area contributed by atoms with Crippen LogP contribution in [0, 0.1) is 6.92 Å². The van der Waals surface area contributed by atoms with E-state index >= 15 is 0 Å². The lowest BCUT2D eigenvalue weighted by atomic mass is 10.0. The molecule has 2 aromatic rings. The Morgan fingerprint density at radius 1 is 1.31 bits per heavy atom. The van der Waals surface area contributed by atoms with E-state index < -0.39 is 10.0 Å². The highest BCUT2D eigenvalue weighted by Crippen LogP contribution is 2.41. The summed E-state index contributed by atoms with van der Waals surface area (Å²) in [7, 11) is -0.807. The highest BCUT2D eigenvalue weighted by atomic mass is 32.2. The minimum Gasteiger partial charge on any atom is -0.497 e. The molecular weight excluding hydrogens is 356 g/mol. The van der Waals surface area contributed by atoms with Crippen molar-refractivity contribution in [1.29, 1.82) is 0 Å². The second-order valence-electron chi connectivity index (χ2n) is 6.25. The zero-order valence-corrected chi connectivity index (χ0v) is 16.3. The Kier molecular flexibility index (Phi) is 5.24. The maximum Gasteiger partial charge on any atom is 0.247 e. The second-order valence-corrected chi connectivity index (χ2v) is 8.11. The Morgan fingerprint density at radius 2 is 2.08 bits per heavy atom. The fourth-order valence-corrected chi connectivity index (χ4v) is 5.37. The normalized spacial score (nSPS) is 18.2. The fourth-order valence-electron chi connectivity index (χ4n) is 3.53. The van der Waals surface area contributed by atoms with Crippen molar-refractivity contribution in [3.8, 4) is 11.5 Å². The van der Waals surface area contributed by atoms with E-state index in [-0.39, 0.29) is 10.9 Å². The number of aromatic nitrogens is 1. The summed E-state index contributed by atoms with van der Waals surface area (Å²) in [6.07, 6.45) is 2.19. The average molecular weight is 380 g/mol. The quantitative estimate of drug-likeness (QED) is 0.766. The Hall–Kier alpha value is -2.06. The number of nitrogens with zero attached hydrogens (tertiary/aromatic N) is 2. The standard InChI is InChI=1S/C18H24N2O5S/c1-5-15-18(12(2)19-25-15)14-7-6-10-20(14)26(21,22)17-11-13(23-3)8-9-16(17)24-4/h8-9,11,14H,5-7,10H2,1-4H3. The molecule has 3 rings (SSSR count). The van der Waals surface area contributed by atoms with Gasteiger partial charge in [-0.3, -0.25) is 0 Å². The number of hydrogen-bond acceptors (Lipinski definition) is 6. The smallest absolute Gasteiger partial charge is 0.247 e. The van der Waals surface area contributed by atoms with Crippen molar-refractivity contribution < 1.29 is 22.4 Å². The van der Waals surface area contributed by atoms with Crippen LogP contribution in [0.4, 0.5) is 0 Å². The van der Waals surface area contributed by atoms with Crippen LogP contribution in [0.5, 0.6) is 11.5 Å². The molecule has 1 unspecified atom stereocenters. The SMILES string of the molecule is CCc1onc(C)c1C1CCCN1S(=O)(=O)c1cc(OC)ccc1OC. The molecule has 0 saturated carbocycles. The molecule has 0 radical (unpaired) electrons. The zero-order valence-electron chi connectivity index (χ0n) is 15.5. The molecule has 0 spiro atoms. The van der Waals surface area contributed by atoms with Gasteiger partial charge in [0.05, 0.1) is 26.0 Å². The molecule has 1 aliphatic rings.